The van der Waals surface area contributed by atoms with Crippen molar-refractivity contribution in [3.63, 3.8) is 0 Å². The first-order valence-electron chi connectivity index (χ1n) is 18.0. The molecule has 0 saturated heterocycles. The van der Waals surface area contributed by atoms with Crippen molar-refractivity contribution in [3.8, 4) is 39.1 Å². The van der Waals surface area contributed by atoms with Crippen LogP contribution in [0.3, 0.4) is 0 Å². The van der Waals surface area contributed by atoms with Crippen molar-refractivity contribution in [1.29, 1.82) is 0 Å². The molecular formula is C49H40N2O2. The second-order valence-electron chi connectivity index (χ2n) is 14.0. The van der Waals surface area contributed by atoms with E-state index in [9.17, 15) is 9.59 Å². The highest BCUT2D eigenvalue weighted by Crippen LogP contribution is 2.44. The normalized spacial score (nSPS) is 11.3. The number of anilines is 1. The van der Waals surface area contributed by atoms with E-state index in [4.69, 9.17) is 0 Å². The van der Waals surface area contributed by atoms with Crippen LogP contribution in [0.25, 0.3) is 60.9 Å². The van der Waals surface area contributed by atoms with Crippen LogP contribution in [0.2, 0.25) is 0 Å². The van der Waals surface area contributed by atoms with Gasteiger partial charge in [0, 0.05) is 21.9 Å². The zero-order chi connectivity index (χ0) is 36.8. The second-order valence-corrected chi connectivity index (χ2v) is 14.0. The van der Waals surface area contributed by atoms with E-state index in [2.05, 4.69) is 105 Å². The van der Waals surface area contributed by atoms with Gasteiger partial charge in [-0.1, -0.05) is 139 Å². The van der Waals surface area contributed by atoms with Crippen LogP contribution >= 0.6 is 0 Å². The van der Waals surface area contributed by atoms with Crippen molar-refractivity contribution < 1.29 is 9.59 Å². The quantitative estimate of drug-likeness (QED) is 0.156. The summed E-state index contributed by atoms with van der Waals surface area (Å²) in [6.45, 7) is 10.5. The monoisotopic (exact) mass is 688 g/mol. The van der Waals surface area contributed by atoms with Gasteiger partial charge in [-0.15, -0.1) is 0 Å². The van der Waals surface area contributed by atoms with Crippen LogP contribution in [-0.2, 0) is 4.79 Å². The number of imide groups is 1. The third-order valence-corrected chi connectivity index (χ3v) is 10.4. The average molecular weight is 689 g/mol. The Labute approximate surface area is 310 Å². The zero-order valence-corrected chi connectivity index (χ0v) is 30.6. The number of aromatic nitrogens is 1. The molecule has 53 heavy (non-hydrogen) atoms. The van der Waals surface area contributed by atoms with E-state index in [0.717, 1.165) is 66.4 Å². The van der Waals surface area contributed by atoms with Gasteiger partial charge in [0.1, 0.15) is 0 Å². The van der Waals surface area contributed by atoms with Gasteiger partial charge in [0.25, 0.3) is 5.91 Å². The van der Waals surface area contributed by atoms with Crippen molar-refractivity contribution >= 4 is 39.8 Å². The highest BCUT2D eigenvalue weighted by atomic mass is 16.2. The van der Waals surface area contributed by atoms with Crippen molar-refractivity contribution in [1.82, 2.24) is 4.57 Å². The highest BCUT2D eigenvalue weighted by molar-refractivity contribution is 6.21. The van der Waals surface area contributed by atoms with Gasteiger partial charge in [0.15, 0.2) is 0 Å². The molecule has 8 aromatic rings. The van der Waals surface area contributed by atoms with Crippen LogP contribution in [0.5, 0.6) is 0 Å². The number of hydrogen-bond acceptors (Lipinski definition) is 2. The lowest BCUT2D eigenvalue weighted by molar-refractivity contribution is -0.106. The first-order valence-corrected chi connectivity index (χ1v) is 18.0. The standard InChI is InChI=1S/C49H40N2O2/c1-31-20-26-39(34(4)28-31)41-15-10-17-43-44-18-11-16-42(40-27-21-32(2)29-35(40)5)48(44)51(47(41)43)45-19-9-12-33(3)46(45)49(53)50(30-52)38-24-22-37(23-25-38)36-13-7-6-8-14-36/h6-30H,1-5H3. The lowest BCUT2D eigenvalue weighted by Gasteiger charge is -2.22. The Balaban J connectivity index is 1.42. The largest absolute Gasteiger partial charge is 0.307 e. The van der Waals surface area contributed by atoms with Gasteiger partial charge >= 0.3 is 0 Å². The summed E-state index contributed by atoms with van der Waals surface area (Å²) in [4.78, 5) is 29.1. The fraction of sp³-hybridized carbons (Fsp3) is 0.102. The van der Waals surface area contributed by atoms with Crippen LogP contribution in [0.1, 0.15) is 38.2 Å². The Morgan fingerprint density at radius 2 is 1.04 bits per heavy atom. The van der Waals surface area contributed by atoms with E-state index in [1.807, 2.05) is 79.7 Å². The maximum atomic E-state index is 14.9. The first-order chi connectivity index (χ1) is 25.7. The van der Waals surface area contributed by atoms with E-state index in [1.165, 1.54) is 27.2 Å². The number of carbonyl (C=O) groups excluding carboxylic acids is 2. The van der Waals surface area contributed by atoms with E-state index in [-0.39, 0.29) is 5.91 Å². The number of aryl methyl sites for hydroxylation is 5. The van der Waals surface area contributed by atoms with Crippen LogP contribution < -0.4 is 4.90 Å². The third-order valence-electron chi connectivity index (χ3n) is 10.4. The third kappa shape index (κ3) is 5.83. The zero-order valence-electron chi connectivity index (χ0n) is 30.6. The number of amides is 2. The van der Waals surface area contributed by atoms with E-state index in [1.54, 1.807) is 0 Å². The minimum absolute atomic E-state index is 0.386. The summed E-state index contributed by atoms with van der Waals surface area (Å²) in [5.74, 6) is -0.386. The molecular weight excluding hydrogens is 649 g/mol. The maximum absolute atomic E-state index is 14.9. The van der Waals surface area contributed by atoms with E-state index < -0.39 is 0 Å². The Hall–Kier alpha value is -6.52. The molecule has 8 rings (SSSR count). The number of hydrogen-bond donors (Lipinski definition) is 0. The minimum atomic E-state index is -0.386. The highest BCUT2D eigenvalue weighted by Gasteiger charge is 2.27. The van der Waals surface area contributed by atoms with Crippen molar-refractivity contribution in [2.45, 2.75) is 34.6 Å². The van der Waals surface area contributed by atoms with Gasteiger partial charge in [0.2, 0.25) is 6.41 Å². The predicted octanol–water partition coefficient (Wildman–Crippen LogP) is 12.1. The molecule has 0 fully saturated rings. The van der Waals surface area contributed by atoms with Gasteiger partial charge in [0.05, 0.1) is 28.0 Å². The molecule has 0 aliphatic rings. The molecule has 0 saturated carbocycles. The molecule has 0 atom stereocenters. The fourth-order valence-electron chi connectivity index (χ4n) is 7.93. The SMILES string of the molecule is Cc1ccc(-c2cccc3c4cccc(-c5ccc(C)cc5C)c4n(-c4cccc(C)c4C(=O)N(C=O)c4ccc(-c5ccccc5)cc4)c23)c(C)c1. The molecule has 0 aliphatic heterocycles. The lowest BCUT2D eigenvalue weighted by atomic mass is 9.95. The molecule has 0 aliphatic carbocycles. The number of benzene rings is 7. The van der Waals surface area contributed by atoms with Gasteiger partial charge in [-0.25, -0.2) is 4.90 Å². The molecule has 0 N–H and O–H groups in total. The van der Waals surface area contributed by atoms with Gasteiger partial charge in [-0.05, 0) is 91.8 Å². The van der Waals surface area contributed by atoms with Crippen LogP contribution in [-0.4, -0.2) is 16.9 Å². The Kier molecular flexibility index (Phi) is 8.60. The summed E-state index contributed by atoms with van der Waals surface area (Å²) < 4.78 is 2.27. The number of fused-ring (bicyclic) bond motifs is 3. The number of para-hydroxylation sites is 2. The first kappa shape index (κ1) is 33.6. The Morgan fingerprint density at radius 1 is 0.509 bits per heavy atom. The molecule has 258 valence electrons. The summed E-state index contributed by atoms with van der Waals surface area (Å²) >= 11 is 0. The van der Waals surface area contributed by atoms with Gasteiger partial charge in [-0.2, -0.15) is 0 Å². The molecule has 7 aromatic carbocycles. The van der Waals surface area contributed by atoms with Crippen LogP contribution in [0.15, 0.2) is 146 Å². The summed E-state index contributed by atoms with van der Waals surface area (Å²) in [5, 5.41) is 2.18. The molecule has 0 spiro atoms. The maximum Gasteiger partial charge on any atom is 0.267 e. The minimum Gasteiger partial charge on any atom is -0.307 e. The fourth-order valence-corrected chi connectivity index (χ4v) is 7.93. The smallest absolute Gasteiger partial charge is 0.267 e. The van der Waals surface area contributed by atoms with Crippen molar-refractivity contribution in [3.05, 3.63) is 179 Å². The van der Waals surface area contributed by atoms with Crippen LogP contribution in [0, 0.1) is 34.6 Å². The second kappa shape index (κ2) is 13.6. The van der Waals surface area contributed by atoms with E-state index in [0.29, 0.717) is 17.7 Å². The Bertz CT molecular complexity index is 2590. The lowest BCUT2D eigenvalue weighted by Crippen LogP contribution is -2.31. The van der Waals surface area contributed by atoms with Gasteiger partial charge < -0.3 is 4.57 Å². The topological polar surface area (TPSA) is 42.3 Å². The Morgan fingerprint density at radius 3 is 1.57 bits per heavy atom. The molecule has 4 nitrogen and oxygen atoms in total. The molecule has 4 heteroatoms. The summed E-state index contributed by atoms with van der Waals surface area (Å²) in [6.07, 6.45) is 0.629. The molecule has 0 radical (unpaired) electrons. The molecule has 2 amide bonds. The molecule has 1 aromatic heterocycles. The summed E-state index contributed by atoms with van der Waals surface area (Å²) in [5.41, 5.74) is 15.7. The molecule has 0 unspecified atom stereocenters. The number of rotatable bonds is 7. The molecule has 0 bridgehead atoms. The van der Waals surface area contributed by atoms with Gasteiger partial charge in [-0.3, -0.25) is 9.59 Å². The number of carbonyl (C=O) groups is 2. The predicted molar refractivity (Wildman–Crippen MR) is 220 cm³/mol. The number of nitrogens with zero attached hydrogens (tertiary/aromatic N) is 2. The van der Waals surface area contributed by atoms with E-state index >= 15 is 0 Å². The van der Waals surface area contributed by atoms with Crippen molar-refractivity contribution in [2.75, 3.05) is 4.90 Å². The average Bonchev–Trinajstić information content (AvgIpc) is 3.51. The van der Waals surface area contributed by atoms with Crippen molar-refractivity contribution in [2.24, 2.45) is 0 Å². The molecule has 1 heterocycles. The summed E-state index contributed by atoms with van der Waals surface area (Å²) in [6, 6.07) is 49.7. The summed E-state index contributed by atoms with van der Waals surface area (Å²) in [7, 11) is 0. The van der Waals surface area contributed by atoms with Crippen LogP contribution in [0.4, 0.5) is 5.69 Å².